The normalized spacial score (nSPS) is 18.2. The minimum absolute atomic E-state index is 0.165. The van der Waals surface area contributed by atoms with E-state index in [1.54, 1.807) is 25.1 Å². The number of ether oxygens (including phenoxy) is 4. The van der Waals surface area contributed by atoms with Gasteiger partial charge in [-0.15, -0.1) is 0 Å². The maximum absolute atomic E-state index is 12.3. The molecular formula is C19H19NO5. The van der Waals surface area contributed by atoms with Crippen molar-refractivity contribution in [3.63, 3.8) is 0 Å². The van der Waals surface area contributed by atoms with Crippen LogP contribution in [0.3, 0.4) is 0 Å². The number of carbonyl (C=O) groups is 1. The Hall–Kier alpha value is -2.89. The minimum atomic E-state index is -0.613. The first-order chi connectivity index (χ1) is 12.2. The van der Waals surface area contributed by atoms with Crippen LogP contribution in [0.15, 0.2) is 42.5 Å². The number of hydrogen-bond donors (Lipinski definition) is 1. The number of benzene rings is 2. The van der Waals surface area contributed by atoms with E-state index in [1.807, 2.05) is 24.3 Å². The van der Waals surface area contributed by atoms with Gasteiger partial charge in [0, 0.05) is 24.1 Å². The average Bonchev–Trinajstić information content (AvgIpc) is 3.26. The van der Waals surface area contributed by atoms with Crippen LogP contribution in [0.2, 0.25) is 0 Å². The fourth-order valence-corrected chi connectivity index (χ4v) is 2.97. The van der Waals surface area contributed by atoms with E-state index in [0.29, 0.717) is 30.4 Å². The Balaban J connectivity index is 1.32. The van der Waals surface area contributed by atoms with E-state index < -0.39 is 6.10 Å². The van der Waals surface area contributed by atoms with Crippen LogP contribution < -0.4 is 24.3 Å². The molecule has 0 spiro atoms. The summed E-state index contributed by atoms with van der Waals surface area (Å²) in [7, 11) is 0. The Morgan fingerprint density at radius 3 is 2.92 bits per heavy atom. The number of carbonyl (C=O) groups excluding carboxylic acids is 1. The largest absolute Gasteiger partial charge is 0.493 e. The molecule has 4 rings (SSSR count). The van der Waals surface area contributed by atoms with Crippen LogP contribution in [0.4, 0.5) is 0 Å². The van der Waals surface area contributed by atoms with Crippen molar-refractivity contribution in [1.82, 2.24) is 5.32 Å². The molecule has 25 heavy (non-hydrogen) atoms. The van der Waals surface area contributed by atoms with Crippen molar-refractivity contribution in [2.75, 3.05) is 19.9 Å². The molecule has 2 aliphatic heterocycles. The summed E-state index contributed by atoms with van der Waals surface area (Å²) in [5.74, 6) is 2.78. The van der Waals surface area contributed by atoms with Gasteiger partial charge in [0.05, 0.1) is 6.61 Å². The number of hydrogen-bond acceptors (Lipinski definition) is 5. The summed E-state index contributed by atoms with van der Waals surface area (Å²) in [6.45, 7) is 3.03. The first-order valence-electron chi connectivity index (χ1n) is 8.26. The predicted molar refractivity (Wildman–Crippen MR) is 90.3 cm³/mol. The first kappa shape index (κ1) is 15.6. The Morgan fingerprint density at radius 1 is 1.16 bits per heavy atom. The zero-order chi connectivity index (χ0) is 17.2. The molecule has 6 heteroatoms. The molecule has 1 N–H and O–H groups in total. The van der Waals surface area contributed by atoms with Crippen LogP contribution in [-0.2, 0) is 4.79 Å². The third kappa shape index (κ3) is 3.20. The van der Waals surface area contributed by atoms with Gasteiger partial charge in [-0.2, -0.15) is 0 Å². The third-order valence-electron chi connectivity index (χ3n) is 4.35. The predicted octanol–water partition coefficient (Wildman–Crippen LogP) is 2.48. The summed E-state index contributed by atoms with van der Waals surface area (Å²) in [5.41, 5.74) is 1.13. The molecule has 0 saturated heterocycles. The summed E-state index contributed by atoms with van der Waals surface area (Å²) in [5, 5.41) is 2.94. The quantitative estimate of drug-likeness (QED) is 0.905. The minimum Gasteiger partial charge on any atom is -0.493 e. The van der Waals surface area contributed by atoms with Crippen molar-refractivity contribution >= 4 is 5.91 Å². The number of nitrogens with one attached hydrogen (secondary N) is 1. The highest BCUT2D eigenvalue weighted by Gasteiger charge is 2.25. The lowest BCUT2D eigenvalue weighted by atomic mass is 10.0. The molecule has 2 aromatic carbocycles. The molecule has 0 fully saturated rings. The molecule has 0 bridgehead atoms. The van der Waals surface area contributed by atoms with E-state index in [4.69, 9.17) is 18.9 Å². The molecule has 2 heterocycles. The molecule has 2 atom stereocenters. The lowest BCUT2D eigenvalue weighted by Crippen LogP contribution is -2.38. The molecule has 0 radical (unpaired) electrons. The highest BCUT2D eigenvalue weighted by molar-refractivity contribution is 5.80. The Bertz CT molecular complexity index is 791. The summed E-state index contributed by atoms with van der Waals surface area (Å²) in [4.78, 5) is 12.3. The molecule has 2 aliphatic rings. The topological polar surface area (TPSA) is 66.0 Å². The smallest absolute Gasteiger partial charge is 0.260 e. The molecule has 1 amide bonds. The van der Waals surface area contributed by atoms with Crippen molar-refractivity contribution in [1.29, 1.82) is 0 Å². The van der Waals surface area contributed by atoms with Crippen LogP contribution in [0.1, 0.15) is 18.4 Å². The number of rotatable bonds is 5. The van der Waals surface area contributed by atoms with Crippen LogP contribution in [0, 0.1) is 0 Å². The summed E-state index contributed by atoms with van der Waals surface area (Å²) < 4.78 is 21.9. The van der Waals surface area contributed by atoms with Gasteiger partial charge in [0.25, 0.3) is 5.91 Å². The van der Waals surface area contributed by atoms with E-state index in [-0.39, 0.29) is 18.6 Å². The number of para-hydroxylation sites is 1. The molecule has 0 aromatic heterocycles. The maximum atomic E-state index is 12.3. The molecule has 0 saturated carbocycles. The van der Waals surface area contributed by atoms with Crippen molar-refractivity contribution < 1.29 is 23.7 Å². The van der Waals surface area contributed by atoms with Crippen LogP contribution >= 0.6 is 0 Å². The summed E-state index contributed by atoms with van der Waals surface area (Å²) in [6.07, 6.45) is -0.613. The monoisotopic (exact) mass is 341 g/mol. The summed E-state index contributed by atoms with van der Waals surface area (Å²) >= 11 is 0. The second-order valence-electron chi connectivity index (χ2n) is 6.07. The van der Waals surface area contributed by atoms with Gasteiger partial charge in [0.1, 0.15) is 11.5 Å². The van der Waals surface area contributed by atoms with Crippen LogP contribution in [-0.4, -0.2) is 32.0 Å². The van der Waals surface area contributed by atoms with Crippen molar-refractivity contribution in [3.05, 3.63) is 48.0 Å². The number of fused-ring (bicyclic) bond motifs is 2. The second kappa shape index (κ2) is 6.55. The van der Waals surface area contributed by atoms with Crippen LogP contribution in [0.5, 0.6) is 23.0 Å². The third-order valence-corrected chi connectivity index (χ3v) is 4.35. The average molecular weight is 341 g/mol. The van der Waals surface area contributed by atoms with Gasteiger partial charge in [-0.3, -0.25) is 4.79 Å². The fraction of sp³-hybridized carbons (Fsp3) is 0.316. The lowest BCUT2D eigenvalue weighted by molar-refractivity contribution is -0.127. The van der Waals surface area contributed by atoms with Crippen LogP contribution in [0.25, 0.3) is 0 Å². The summed E-state index contributed by atoms with van der Waals surface area (Å²) in [6, 6.07) is 13.2. The molecule has 2 aromatic rings. The van der Waals surface area contributed by atoms with Crippen molar-refractivity contribution in [2.45, 2.75) is 18.9 Å². The second-order valence-corrected chi connectivity index (χ2v) is 6.07. The molecule has 6 nitrogen and oxygen atoms in total. The zero-order valence-corrected chi connectivity index (χ0v) is 13.9. The Morgan fingerprint density at radius 2 is 2.00 bits per heavy atom. The maximum Gasteiger partial charge on any atom is 0.260 e. The van der Waals surface area contributed by atoms with E-state index in [9.17, 15) is 4.79 Å². The molecule has 0 aliphatic carbocycles. The Labute approximate surface area is 145 Å². The van der Waals surface area contributed by atoms with Gasteiger partial charge < -0.3 is 24.3 Å². The van der Waals surface area contributed by atoms with Gasteiger partial charge in [-0.05, 0) is 25.1 Å². The highest BCUT2D eigenvalue weighted by Crippen LogP contribution is 2.35. The van der Waals surface area contributed by atoms with Gasteiger partial charge >= 0.3 is 0 Å². The van der Waals surface area contributed by atoms with Gasteiger partial charge in [0.2, 0.25) is 6.79 Å². The SMILES string of the molecule is CC(Oc1ccc2c(c1)OCO2)C(=O)NCC1COc2ccccc21. The van der Waals surface area contributed by atoms with E-state index >= 15 is 0 Å². The number of amides is 1. The van der Waals surface area contributed by atoms with E-state index in [0.717, 1.165) is 11.3 Å². The molecular weight excluding hydrogens is 322 g/mol. The van der Waals surface area contributed by atoms with Gasteiger partial charge in [-0.1, -0.05) is 18.2 Å². The lowest BCUT2D eigenvalue weighted by Gasteiger charge is -2.16. The van der Waals surface area contributed by atoms with Gasteiger partial charge in [0.15, 0.2) is 17.6 Å². The standard InChI is InChI=1S/C19H19NO5/c1-12(25-14-6-7-17-18(8-14)24-11-23-17)19(21)20-9-13-10-22-16-5-3-2-4-15(13)16/h2-8,12-13H,9-11H2,1H3,(H,20,21). The van der Waals surface area contributed by atoms with E-state index in [2.05, 4.69) is 5.32 Å². The Kier molecular flexibility index (Phi) is 4.09. The fourth-order valence-electron chi connectivity index (χ4n) is 2.97. The highest BCUT2D eigenvalue weighted by atomic mass is 16.7. The molecule has 2 unspecified atom stereocenters. The van der Waals surface area contributed by atoms with Crippen molar-refractivity contribution in [2.24, 2.45) is 0 Å². The first-order valence-corrected chi connectivity index (χ1v) is 8.26. The van der Waals surface area contributed by atoms with Crippen molar-refractivity contribution in [3.8, 4) is 23.0 Å². The molecule has 130 valence electrons. The zero-order valence-electron chi connectivity index (χ0n) is 13.9. The van der Waals surface area contributed by atoms with E-state index in [1.165, 1.54) is 0 Å². The van der Waals surface area contributed by atoms with Gasteiger partial charge in [-0.25, -0.2) is 0 Å².